The Balaban J connectivity index is 2.01. The van der Waals surface area contributed by atoms with Gasteiger partial charge in [0.05, 0.1) is 5.69 Å². The number of hydrogen-bond donors (Lipinski definition) is 1. The van der Waals surface area contributed by atoms with Gasteiger partial charge in [0, 0.05) is 12.5 Å². The van der Waals surface area contributed by atoms with Crippen LogP contribution in [0.15, 0.2) is 17.1 Å². The van der Waals surface area contributed by atoms with Crippen LogP contribution in [-0.2, 0) is 11.2 Å². The number of amides is 1. The average molecular weight is 194 g/mol. The Hall–Kier alpha value is -1.32. The fourth-order valence-corrected chi connectivity index (χ4v) is 2.06. The summed E-state index contributed by atoms with van der Waals surface area (Å²) in [7, 11) is 0. The van der Waals surface area contributed by atoms with Crippen LogP contribution in [0.3, 0.4) is 0 Å². The third-order valence-electron chi connectivity index (χ3n) is 2.84. The van der Waals surface area contributed by atoms with Gasteiger partial charge in [-0.3, -0.25) is 4.79 Å². The van der Waals surface area contributed by atoms with Crippen LogP contribution >= 0.6 is 0 Å². The monoisotopic (exact) mass is 194 g/mol. The molecule has 0 aliphatic carbocycles. The number of oxazole rings is 1. The lowest BCUT2D eigenvalue weighted by molar-refractivity contribution is -0.123. The Morgan fingerprint density at radius 3 is 3.21 bits per heavy atom. The van der Waals surface area contributed by atoms with E-state index in [1.54, 1.807) is 6.26 Å². The van der Waals surface area contributed by atoms with Gasteiger partial charge >= 0.3 is 0 Å². The van der Waals surface area contributed by atoms with Crippen molar-refractivity contribution in [1.82, 2.24) is 10.3 Å². The second kappa shape index (κ2) is 3.82. The average Bonchev–Trinajstić information content (AvgIpc) is 2.77. The topological polar surface area (TPSA) is 55.1 Å². The molecular weight excluding hydrogens is 180 g/mol. The molecule has 2 atom stereocenters. The number of aromatic nitrogens is 1. The zero-order chi connectivity index (χ0) is 9.97. The Kier molecular flexibility index (Phi) is 2.52. The maximum atomic E-state index is 11.4. The molecule has 1 N–H and O–H groups in total. The molecule has 1 amide bonds. The van der Waals surface area contributed by atoms with E-state index >= 15 is 0 Å². The van der Waals surface area contributed by atoms with Gasteiger partial charge in [0.2, 0.25) is 5.91 Å². The molecule has 1 aliphatic rings. The van der Waals surface area contributed by atoms with Crippen molar-refractivity contribution in [3.63, 3.8) is 0 Å². The molecule has 0 spiro atoms. The number of carbonyl (C=O) groups is 1. The quantitative estimate of drug-likeness (QED) is 0.780. The first-order valence-corrected chi connectivity index (χ1v) is 4.96. The van der Waals surface area contributed by atoms with E-state index in [0.29, 0.717) is 5.92 Å². The van der Waals surface area contributed by atoms with E-state index in [1.807, 2.05) is 6.92 Å². The summed E-state index contributed by atoms with van der Waals surface area (Å²) in [6, 6.07) is 0. The van der Waals surface area contributed by atoms with Gasteiger partial charge in [-0.15, -0.1) is 0 Å². The predicted octanol–water partition coefficient (Wildman–Crippen LogP) is 0.989. The van der Waals surface area contributed by atoms with Crippen LogP contribution < -0.4 is 5.32 Å². The normalized spacial score (nSPS) is 26.5. The van der Waals surface area contributed by atoms with Crippen molar-refractivity contribution < 1.29 is 9.21 Å². The van der Waals surface area contributed by atoms with Crippen LogP contribution in [0.1, 0.15) is 19.0 Å². The summed E-state index contributed by atoms with van der Waals surface area (Å²) in [6.45, 7) is 2.82. The molecule has 1 aromatic heterocycles. The van der Waals surface area contributed by atoms with Crippen LogP contribution in [-0.4, -0.2) is 17.4 Å². The van der Waals surface area contributed by atoms with E-state index in [1.165, 1.54) is 6.39 Å². The zero-order valence-corrected chi connectivity index (χ0v) is 8.19. The van der Waals surface area contributed by atoms with Crippen LogP contribution in [0.2, 0.25) is 0 Å². The Morgan fingerprint density at radius 2 is 2.57 bits per heavy atom. The molecule has 0 bridgehead atoms. The van der Waals surface area contributed by atoms with Gasteiger partial charge in [-0.25, -0.2) is 4.98 Å². The third-order valence-corrected chi connectivity index (χ3v) is 2.84. The van der Waals surface area contributed by atoms with E-state index in [0.717, 1.165) is 25.1 Å². The zero-order valence-electron chi connectivity index (χ0n) is 8.19. The maximum Gasteiger partial charge on any atom is 0.223 e. The lowest BCUT2D eigenvalue weighted by Gasteiger charge is -2.12. The minimum Gasteiger partial charge on any atom is -0.451 e. The molecule has 2 unspecified atom stereocenters. The minimum atomic E-state index is 0.145. The standard InChI is InChI=1S/C10H14N2O2/c1-2-9-7(4-11-10(9)13)3-8-5-14-6-12-8/h5-7,9H,2-4H2,1H3,(H,11,13). The number of rotatable bonds is 3. The van der Waals surface area contributed by atoms with Gasteiger partial charge in [0.25, 0.3) is 0 Å². The highest BCUT2D eigenvalue weighted by molar-refractivity contribution is 5.81. The number of carbonyl (C=O) groups excluding carboxylic acids is 1. The first-order valence-electron chi connectivity index (χ1n) is 4.96. The highest BCUT2D eigenvalue weighted by Gasteiger charge is 2.33. The van der Waals surface area contributed by atoms with Gasteiger partial charge in [-0.2, -0.15) is 0 Å². The molecule has 1 saturated heterocycles. The molecule has 1 aromatic rings. The van der Waals surface area contributed by atoms with Crippen molar-refractivity contribution >= 4 is 5.91 Å². The van der Waals surface area contributed by atoms with Crippen LogP contribution in [0.5, 0.6) is 0 Å². The summed E-state index contributed by atoms with van der Waals surface area (Å²) in [4.78, 5) is 15.5. The lowest BCUT2D eigenvalue weighted by Crippen LogP contribution is -2.19. The van der Waals surface area contributed by atoms with Crippen molar-refractivity contribution in [1.29, 1.82) is 0 Å². The largest absolute Gasteiger partial charge is 0.451 e. The second-order valence-electron chi connectivity index (χ2n) is 3.70. The molecule has 14 heavy (non-hydrogen) atoms. The van der Waals surface area contributed by atoms with Crippen LogP contribution in [0.25, 0.3) is 0 Å². The van der Waals surface area contributed by atoms with Gasteiger partial charge in [-0.1, -0.05) is 6.92 Å². The highest BCUT2D eigenvalue weighted by Crippen LogP contribution is 2.24. The molecule has 2 rings (SSSR count). The molecule has 0 radical (unpaired) electrons. The SMILES string of the molecule is CCC1C(=O)NCC1Cc1cocn1. The van der Waals surface area contributed by atoms with E-state index < -0.39 is 0 Å². The third kappa shape index (κ3) is 1.64. The molecule has 76 valence electrons. The molecule has 2 heterocycles. The summed E-state index contributed by atoms with van der Waals surface area (Å²) < 4.78 is 4.90. The van der Waals surface area contributed by atoms with E-state index in [-0.39, 0.29) is 11.8 Å². The fraction of sp³-hybridized carbons (Fsp3) is 0.600. The van der Waals surface area contributed by atoms with Crippen molar-refractivity contribution in [3.05, 3.63) is 18.4 Å². The van der Waals surface area contributed by atoms with E-state index in [9.17, 15) is 4.79 Å². The Bertz CT molecular complexity index is 308. The number of nitrogens with zero attached hydrogens (tertiary/aromatic N) is 1. The minimum absolute atomic E-state index is 0.145. The molecule has 0 aromatic carbocycles. The molecule has 0 saturated carbocycles. The van der Waals surface area contributed by atoms with Crippen LogP contribution in [0, 0.1) is 11.8 Å². The predicted molar refractivity (Wildman–Crippen MR) is 50.5 cm³/mol. The van der Waals surface area contributed by atoms with Crippen molar-refractivity contribution in [3.8, 4) is 0 Å². The molecule has 4 nitrogen and oxygen atoms in total. The van der Waals surface area contributed by atoms with Gasteiger partial charge < -0.3 is 9.73 Å². The first-order chi connectivity index (χ1) is 6.81. The number of nitrogens with one attached hydrogen (secondary N) is 1. The van der Waals surface area contributed by atoms with Gasteiger partial charge in [-0.05, 0) is 18.8 Å². The summed E-state index contributed by atoms with van der Waals surface area (Å²) >= 11 is 0. The summed E-state index contributed by atoms with van der Waals surface area (Å²) in [5, 5.41) is 2.89. The molecule has 4 heteroatoms. The lowest BCUT2D eigenvalue weighted by atomic mass is 9.89. The summed E-state index contributed by atoms with van der Waals surface area (Å²) in [6.07, 6.45) is 4.80. The highest BCUT2D eigenvalue weighted by atomic mass is 16.3. The second-order valence-corrected chi connectivity index (χ2v) is 3.70. The smallest absolute Gasteiger partial charge is 0.223 e. The molecule has 1 aliphatic heterocycles. The van der Waals surface area contributed by atoms with Crippen molar-refractivity contribution in [2.75, 3.05) is 6.54 Å². The fourth-order valence-electron chi connectivity index (χ4n) is 2.06. The van der Waals surface area contributed by atoms with E-state index in [2.05, 4.69) is 10.3 Å². The van der Waals surface area contributed by atoms with E-state index in [4.69, 9.17) is 4.42 Å². The maximum absolute atomic E-state index is 11.4. The van der Waals surface area contributed by atoms with Gasteiger partial charge in [0.15, 0.2) is 6.39 Å². The first kappa shape index (κ1) is 9.24. The summed E-state index contributed by atoms with van der Waals surface area (Å²) in [5.74, 6) is 0.699. The summed E-state index contributed by atoms with van der Waals surface area (Å²) in [5.41, 5.74) is 0.935. The Morgan fingerprint density at radius 1 is 1.71 bits per heavy atom. The van der Waals surface area contributed by atoms with Gasteiger partial charge in [0.1, 0.15) is 6.26 Å². The number of hydrogen-bond acceptors (Lipinski definition) is 3. The van der Waals surface area contributed by atoms with Crippen molar-refractivity contribution in [2.45, 2.75) is 19.8 Å². The molecular formula is C10H14N2O2. The Labute approximate surface area is 82.7 Å². The molecule has 1 fully saturated rings. The van der Waals surface area contributed by atoms with Crippen LogP contribution in [0.4, 0.5) is 0 Å². The van der Waals surface area contributed by atoms with Crippen molar-refractivity contribution in [2.24, 2.45) is 11.8 Å².